The SMILES string of the molecule is CN(Cc1ccccc1)C(=O)CC[C@H](NC(=O)c1c(Cl)cc(C(=O)CCc2cccc(O)c2)cc1Cl)C(=O)O. The number of benzene rings is 3. The molecule has 204 valence electrons. The van der Waals surface area contributed by atoms with Gasteiger partial charge in [0.05, 0.1) is 15.6 Å². The number of halogens is 2. The maximum Gasteiger partial charge on any atom is 0.326 e. The quantitative estimate of drug-likeness (QED) is 0.259. The molecule has 8 nitrogen and oxygen atoms in total. The Bertz CT molecular complexity index is 1340. The summed E-state index contributed by atoms with van der Waals surface area (Å²) in [4.78, 5) is 51.4. The Morgan fingerprint density at radius 1 is 0.897 bits per heavy atom. The fourth-order valence-corrected chi connectivity index (χ4v) is 4.62. The third-order valence-corrected chi connectivity index (χ3v) is 6.68. The Morgan fingerprint density at radius 2 is 1.54 bits per heavy atom. The first-order chi connectivity index (χ1) is 18.5. The highest BCUT2D eigenvalue weighted by molar-refractivity contribution is 6.40. The lowest BCUT2D eigenvalue weighted by Crippen LogP contribution is -2.42. The second-order valence-corrected chi connectivity index (χ2v) is 9.86. The van der Waals surface area contributed by atoms with Gasteiger partial charge in [0.15, 0.2) is 5.78 Å². The van der Waals surface area contributed by atoms with E-state index in [1.54, 1.807) is 25.2 Å². The highest BCUT2D eigenvalue weighted by Gasteiger charge is 2.26. The van der Waals surface area contributed by atoms with Gasteiger partial charge in [0, 0.05) is 32.0 Å². The molecule has 0 spiro atoms. The van der Waals surface area contributed by atoms with Crippen molar-refractivity contribution in [2.75, 3.05) is 7.05 Å². The van der Waals surface area contributed by atoms with Crippen LogP contribution in [-0.4, -0.2) is 51.8 Å². The van der Waals surface area contributed by atoms with Gasteiger partial charge in [-0.2, -0.15) is 0 Å². The van der Waals surface area contributed by atoms with Crippen LogP contribution in [-0.2, 0) is 22.6 Å². The zero-order valence-electron chi connectivity index (χ0n) is 21.2. The van der Waals surface area contributed by atoms with E-state index in [0.29, 0.717) is 13.0 Å². The summed E-state index contributed by atoms with van der Waals surface area (Å²) in [6.45, 7) is 0.369. The number of aromatic hydroxyl groups is 1. The van der Waals surface area contributed by atoms with Crippen molar-refractivity contribution in [2.24, 2.45) is 0 Å². The minimum atomic E-state index is -1.36. The molecule has 0 aromatic heterocycles. The molecular weight excluding hydrogens is 543 g/mol. The summed E-state index contributed by atoms with van der Waals surface area (Å²) in [5.41, 5.74) is 1.74. The molecule has 3 rings (SSSR count). The molecule has 0 heterocycles. The number of aliphatic carboxylic acids is 1. The van der Waals surface area contributed by atoms with Gasteiger partial charge in [-0.3, -0.25) is 14.4 Å². The van der Waals surface area contributed by atoms with Gasteiger partial charge in [0.1, 0.15) is 11.8 Å². The smallest absolute Gasteiger partial charge is 0.326 e. The van der Waals surface area contributed by atoms with Crippen LogP contribution in [0.4, 0.5) is 0 Å². The molecule has 3 aromatic carbocycles. The summed E-state index contributed by atoms with van der Waals surface area (Å²) in [5.74, 6) is -2.58. The first-order valence-corrected chi connectivity index (χ1v) is 12.9. The molecule has 2 amide bonds. The Hall–Kier alpha value is -3.88. The molecule has 0 bridgehead atoms. The lowest BCUT2D eigenvalue weighted by molar-refractivity contribution is -0.139. The Kier molecular flexibility index (Phi) is 10.5. The number of carbonyl (C=O) groups is 4. The van der Waals surface area contributed by atoms with Crippen molar-refractivity contribution in [1.82, 2.24) is 10.2 Å². The number of rotatable bonds is 12. The van der Waals surface area contributed by atoms with E-state index < -0.39 is 17.9 Å². The third-order valence-electron chi connectivity index (χ3n) is 6.08. The number of carboxylic acids is 1. The van der Waals surface area contributed by atoms with Gasteiger partial charge in [0.25, 0.3) is 5.91 Å². The predicted octanol–water partition coefficient (Wildman–Crippen LogP) is 5.14. The van der Waals surface area contributed by atoms with Crippen LogP contribution in [0.25, 0.3) is 0 Å². The molecule has 10 heteroatoms. The average molecular weight is 571 g/mol. The van der Waals surface area contributed by atoms with Crippen LogP contribution in [0.15, 0.2) is 66.7 Å². The monoisotopic (exact) mass is 570 g/mol. The molecule has 0 aliphatic heterocycles. The molecule has 0 unspecified atom stereocenters. The molecule has 0 saturated heterocycles. The summed E-state index contributed by atoms with van der Waals surface area (Å²) in [7, 11) is 1.62. The van der Waals surface area contributed by atoms with Crippen LogP contribution >= 0.6 is 23.2 Å². The fraction of sp³-hybridized carbons (Fsp3) is 0.241. The van der Waals surface area contributed by atoms with Gasteiger partial charge in [0.2, 0.25) is 5.91 Å². The molecule has 39 heavy (non-hydrogen) atoms. The van der Waals surface area contributed by atoms with Gasteiger partial charge in [-0.1, -0.05) is 65.7 Å². The number of hydrogen-bond donors (Lipinski definition) is 3. The molecule has 0 saturated carbocycles. The number of carboxylic acid groups (broad SMARTS) is 1. The highest BCUT2D eigenvalue weighted by atomic mass is 35.5. The van der Waals surface area contributed by atoms with Crippen LogP contribution in [0.5, 0.6) is 5.75 Å². The standard InChI is InChI=1S/C29H28Cl2N2O6/c1-33(17-19-6-3-2-4-7-19)26(36)13-11-24(29(38)39)32-28(37)27-22(30)15-20(16-23(27)31)25(35)12-10-18-8-5-9-21(34)14-18/h2-9,14-16,24,34H,10-13,17H2,1H3,(H,32,37)(H,38,39)/t24-/m0/s1. The number of phenols is 1. The van der Waals surface area contributed by atoms with Gasteiger partial charge in [-0.25, -0.2) is 4.79 Å². The van der Waals surface area contributed by atoms with Crippen LogP contribution in [0.1, 0.15) is 51.1 Å². The van der Waals surface area contributed by atoms with Crippen LogP contribution in [0.2, 0.25) is 10.0 Å². The minimum absolute atomic E-state index is 0.102. The van der Waals surface area contributed by atoms with Crippen molar-refractivity contribution in [2.45, 2.75) is 38.3 Å². The van der Waals surface area contributed by atoms with E-state index in [1.165, 1.54) is 23.1 Å². The zero-order chi connectivity index (χ0) is 28.5. The molecule has 0 aliphatic rings. The van der Waals surface area contributed by atoms with Crippen molar-refractivity contribution in [3.05, 3.63) is 99.0 Å². The number of carbonyl (C=O) groups excluding carboxylic acids is 3. The molecule has 1 atom stereocenters. The lowest BCUT2D eigenvalue weighted by Gasteiger charge is -2.20. The average Bonchev–Trinajstić information content (AvgIpc) is 2.89. The van der Waals surface area contributed by atoms with E-state index in [0.717, 1.165) is 11.1 Å². The molecule has 0 radical (unpaired) electrons. The number of nitrogens with zero attached hydrogens (tertiary/aromatic N) is 1. The van der Waals surface area contributed by atoms with Gasteiger partial charge in [-0.05, 0) is 48.2 Å². The van der Waals surface area contributed by atoms with E-state index in [9.17, 15) is 29.4 Å². The van der Waals surface area contributed by atoms with Gasteiger partial charge in [-0.15, -0.1) is 0 Å². The van der Waals surface area contributed by atoms with Crippen molar-refractivity contribution in [3.63, 3.8) is 0 Å². The number of ketones is 1. The maximum absolute atomic E-state index is 12.9. The second-order valence-electron chi connectivity index (χ2n) is 9.05. The molecule has 0 fully saturated rings. The summed E-state index contributed by atoms with van der Waals surface area (Å²) in [6.07, 6.45) is 0.258. The number of hydrogen-bond acceptors (Lipinski definition) is 5. The van der Waals surface area contributed by atoms with Crippen LogP contribution in [0, 0.1) is 0 Å². The third kappa shape index (κ3) is 8.56. The summed E-state index contributed by atoms with van der Waals surface area (Å²) >= 11 is 12.6. The number of Topliss-reactive ketones (excluding diaryl/α,β-unsaturated/α-hetero) is 1. The molecule has 3 N–H and O–H groups in total. The Balaban J connectivity index is 1.61. The summed E-state index contributed by atoms with van der Waals surface area (Å²) in [6, 6.07) is 17.2. The molecule has 0 aliphatic carbocycles. The molecule has 3 aromatic rings. The second kappa shape index (κ2) is 13.8. The largest absolute Gasteiger partial charge is 0.508 e. The van der Waals surface area contributed by atoms with Crippen molar-refractivity contribution < 1.29 is 29.4 Å². The number of amides is 2. The topological polar surface area (TPSA) is 124 Å². The van der Waals surface area contributed by atoms with E-state index in [4.69, 9.17) is 23.2 Å². The molecular formula is C29H28Cl2N2O6. The first kappa shape index (κ1) is 29.7. The number of aryl methyl sites for hydroxylation is 1. The predicted molar refractivity (Wildman–Crippen MR) is 148 cm³/mol. The number of phenolic OH excluding ortho intramolecular Hbond substituents is 1. The van der Waals surface area contributed by atoms with Gasteiger partial charge >= 0.3 is 5.97 Å². The fourth-order valence-electron chi connectivity index (χ4n) is 3.96. The van der Waals surface area contributed by atoms with Crippen molar-refractivity contribution in [1.29, 1.82) is 0 Å². The summed E-state index contributed by atoms with van der Waals surface area (Å²) < 4.78 is 0. The van der Waals surface area contributed by atoms with Crippen molar-refractivity contribution in [3.8, 4) is 5.75 Å². The maximum atomic E-state index is 12.9. The summed E-state index contributed by atoms with van der Waals surface area (Å²) in [5, 5.41) is 21.3. The van der Waals surface area contributed by atoms with Crippen LogP contribution < -0.4 is 5.32 Å². The first-order valence-electron chi connectivity index (χ1n) is 12.2. The minimum Gasteiger partial charge on any atom is -0.508 e. The zero-order valence-corrected chi connectivity index (χ0v) is 22.7. The normalized spacial score (nSPS) is 11.5. The Morgan fingerprint density at radius 3 is 2.15 bits per heavy atom. The van der Waals surface area contributed by atoms with E-state index in [1.807, 2.05) is 30.3 Å². The lowest BCUT2D eigenvalue weighted by atomic mass is 10.0. The van der Waals surface area contributed by atoms with Crippen molar-refractivity contribution >= 4 is 46.8 Å². The number of nitrogens with one attached hydrogen (secondary N) is 1. The Labute approximate surface area is 236 Å². The highest BCUT2D eigenvalue weighted by Crippen LogP contribution is 2.28. The van der Waals surface area contributed by atoms with E-state index >= 15 is 0 Å². The van der Waals surface area contributed by atoms with E-state index in [2.05, 4.69) is 5.32 Å². The van der Waals surface area contributed by atoms with Crippen LogP contribution in [0.3, 0.4) is 0 Å². The van der Waals surface area contributed by atoms with E-state index in [-0.39, 0.29) is 57.9 Å². The van der Waals surface area contributed by atoms with Gasteiger partial charge < -0.3 is 20.4 Å².